The summed E-state index contributed by atoms with van der Waals surface area (Å²) in [6.07, 6.45) is 1.40. The van der Waals surface area contributed by atoms with Crippen molar-refractivity contribution in [2.24, 2.45) is 0 Å². The first-order valence-corrected chi connectivity index (χ1v) is 7.49. The van der Waals surface area contributed by atoms with Gasteiger partial charge in [-0.3, -0.25) is 0 Å². The molecule has 1 amide bonds. The van der Waals surface area contributed by atoms with Gasteiger partial charge in [0.05, 0.1) is 12.1 Å². The van der Waals surface area contributed by atoms with E-state index in [0.717, 1.165) is 12.8 Å². The van der Waals surface area contributed by atoms with Gasteiger partial charge in [0.1, 0.15) is 5.60 Å². The van der Waals surface area contributed by atoms with Crippen molar-refractivity contribution < 1.29 is 14.6 Å². The Morgan fingerprint density at radius 2 is 1.90 bits per heavy atom. The van der Waals surface area contributed by atoms with E-state index in [0.29, 0.717) is 6.42 Å². The Hall–Kier alpha value is -1.55. The van der Waals surface area contributed by atoms with E-state index in [1.807, 2.05) is 39.0 Å². The molecule has 0 aliphatic rings. The minimum absolute atomic E-state index is 0.323. The van der Waals surface area contributed by atoms with Gasteiger partial charge in [-0.2, -0.15) is 0 Å². The molecule has 21 heavy (non-hydrogen) atoms. The maximum Gasteiger partial charge on any atom is 0.407 e. The number of nitrogens with one attached hydrogen (secondary N) is 1. The second kappa shape index (κ2) is 8.03. The molecule has 2 atom stereocenters. The summed E-state index contributed by atoms with van der Waals surface area (Å²) in [7, 11) is 0. The van der Waals surface area contributed by atoms with Gasteiger partial charge in [0.2, 0.25) is 0 Å². The monoisotopic (exact) mass is 293 g/mol. The molecule has 0 radical (unpaired) electrons. The van der Waals surface area contributed by atoms with Crippen molar-refractivity contribution in [2.75, 3.05) is 0 Å². The fourth-order valence-electron chi connectivity index (χ4n) is 2.00. The number of benzene rings is 1. The maximum atomic E-state index is 11.6. The molecule has 4 nitrogen and oxygen atoms in total. The zero-order valence-corrected chi connectivity index (χ0v) is 13.4. The summed E-state index contributed by atoms with van der Waals surface area (Å²) in [5, 5.41) is 12.7. The first-order chi connectivity index (χ1) is 9.78. The van der Waals surface area contributed by atoms with Crippen LogP contribution >= 0.6 is 0 Å². The lowest BCUT2D eigenvalue weighted by Crippen LogP contribution is -2.43. The Bertz CT molecular complexity index is 425. The third-order valence-corrected chi connectivity index (χ3v) is 3.13. The quantitative estimate of drug-likeness (QED) is 0.846. The van der Waals surface area contributed by atoms with E-state index in [4.69, 9.17) is 4.74 Å². The van der Waals surface area contributed by atoms with E-state index in [9.17, 15) is 9.90 Å². The first kappa shape index (κ1) is 17.5. The summed E-state index contributed by atoms with van der Waals surface area (Å²) in [5.41, 5.74) is 0.736. The summed E-state index contributed by atoms with van der Waals surface area (Å²) in [6, 6.07) is 9.85. The zero-order chi connectivity index (χ0) is 15.9. The van der Waals surface area contributed by atoms with E-state index in [1.165, 1.54) is 5.56 Å². The predicted molar refractivity (Wildman–Crippen MR) is 84.2 cm³/mol. The Morgan fingerprint density at radius 3 is 2.48 bits per heavy atom. The molecular weight excluding hydrogens is 266 g/mol. The molecule has 0 saturated carbocycles. The highest BCUT2D eigenvalue weighted by molar-refractivity contribution is 5.68. The van der Waals surface area contributed by atoms with E-state index < -0.39 is 17.8 Å². The molecular formula is C17H27NO3. The summed E-state index contributed by atoms with van der Waals surface area (Å²) in [4.78, 5) is 11.6. The fourth-order valence-corrected chi connectivity index (χ4v) is 2.00. The van der Waals surface area contributed by atoms with Gasteiger partial charge in [0, 0.05) is 0 Å². The molecule has 0 heterocycles. The third kappa shape index (κ3) is 7.71. The van der Waals surface area contributed by atoms with Crippen LogP contribution in [0.3, 0.4) is 0 Å². The van der Waals surface area contributed by atoms with Gasteiger partial charge in [-0.1, -0.05) is 30.3 Å². The maximum absolute atomic E-state index is 11.6. The largest absolute Gasteiger partial charge is 0.444 e. The number of alkyl carbamates (subject to hydrolysis) is 1. The van der Waals surface area contributed by atoms with Crippen molar-refractivity contribution >= 4 is 6.09 Å². The highest BCUT2D eigenvalue weighted by Crippen LogP contribution is 2.10. The molecule has 0 aromatic heterocycles. The molecule has 0 unspecified atom stereocenters. The number of aliphatic hydroxyl groups is 1. The van der Waals surface area contributed by atoms with Crippen molar-refractivity contribution in [1.29, 1.82) is 0 Å². The van der Waals surface area contributed by atoms with Crippen LogP contribution in [0.5, 0.6) is 0 Å². The summed E-state index contributed by atoms with van der Waals surface area (Å²) in [6.45, 7) is 7.23. The average Bonchev–Trinajstić information content (AvgIpc) is 2.37. The van der Waals surface area contributed by atoms with Gasteiger partial charge in [-0.05, 0) is 52.5 Å². The molecule has 0 fully saturated rings. The summed E-state index contributed by atoms with van der Waals surface area (Å²) in [5.74, 6) is 0. The fraction of sp³-hybridized carbons (Fsp3) is 0.588. The van der Waals surface area contributed by atoms with Crippen molar-refractivity contribution in [3.8, 4) is 0 Å². The molecule has 4 heteroatoms. The molecule has 2 N–H and O–H groups in total. The van der Waals surface area contributed by atoms with Gasteiger partial charge in [-0.15, -0.1) is 0 Å². The minimum Gasteiger partial charge on any atom is -0.444 e. The smallest absolute Gasteiger partial charge is 0.407 e. The van der Waals surface area contributed by atoms with Crippen LogP contribution in [-0.2, 0) is 11.2 Å². The lowest BCUT2D eigenvalue weighted by atomic mass is 10.0. The molecule has 1 aromatic carbocycles. The van der Waals surface area contributed by atoms with Crippen LogP contribution < -0.4 is 5.32 Å². The van der Waals surface area contributed by atoms with Crippen molar-refractivity contribution in [3.05, 3.63) is 35.9 Å². The normalized spacial score (nSPS) is 14.3. The number of aliphatic hydroxyl groups excluding tert-OH is 1. The highest BCUT2D eigenvalue weighted by atomic mass is 16.6. The topological polar surface area (TPSA) is 58.6 Å². The second-order valence-corrected chi connectivity index (χ2v) is 6.38. The van der Waals surface area contributed by atoms with Crippen molar-refractivity contribution in [2.45, 2.75) is 64.7 Å². The molecule has 118 valence electrons. The van der Waals surface area contributed by atoms with E-state index in [-0.39, 0.29) is 6.04 Å². The average molecular weight is 293 g/mol. The van der Waals surface area contributed by atoms with Gasteiger partial charge in [0.15, 0.2) is 0 Å². The van der Waals surface area contributed by atoms with E-state index in [2.05, 4.69) is 17.4 Å². The molecule has 1 rings (SSSR count). The van der Waals surface area contributed by atoms with Crippen LogP contribution in [0.15, 0.2) is 30.3 Å². The van der Waals surface area contributed by atoms with Crippen LogP contribution in [0.2, 0.25) is 0 Å². The Balaban J connectivity index is 2.28. The highest BCUT2D eigenvalue weighted by Gasteiger charge is 2.21. The number of carbonyl (C=O) groups excluding carboxylic acids is 1. The number of rotatable bonds is 6. The summed E-state index contributed by atoms with van der Waals surface area (Å²) >= 11 is 0. The van der Waals surface area contributed by atoms with E-state index in [1.54, 1.807) is 6.92 Å². The molecule has 0 aliphatic heterocycles. The molecule has 1 aromatic rings. The second-order valence-electron chi connectivity index (χ2n) is 6.38. The Morgan fingerprint density at radius 1 is 1.29 bits per heavy atom. The van der Waals surface area contributed by atoms with Crippen LogP contribution in [0.25, 0.3) is 0 Å². The van der Waals surface area contributed by atoms with Gasteiger partial charge >= 0.3 is 6.09 Å². The third-order valence-electron chi connectivity index (χ3n) is 3.13. The van der Waals surface area contributed by atoms with Crippen LogP contribution in [-0.4, -0.2) is 28.9 Å². The first-order valence-electron chi connectivity index (χ1n) is 7.49. The Labute approximate surface area is 127 Å². The number of ether oxygens (including phenoxy) is 1. The van der Waals surface area contributed by atoms with Crippen LogP contribution in [0.4, 0.5) is 4.79 Å². The van der Waals surface area contributed by atoms with Gasteiger partial charge < -0.3 is 15.2 Å². The Kier molecular flexibility index (Phi) is 6.69. The standard InChI is InChI=1S/C17H27NO3/c1-13(18-16(20)21-17(2,3)4)15(19)12-8-11-14-9-6-5-7-10-14/h5-7,9-10,13,15,19H,8,11-12H2,1-4H3,(H,18,20)/t13-,15+/m0/s1. The summed E-state index contributed by atoms with van der Waals surface area (Å²) < 4.78 is 5.17. The van der Waals surface area contributed by atoms with Crippen LogP contribution in [0.1, 0.15) is 46.1 Å². The molecule has 0 bridgehead atoms. The SMILES string of the molecule is C[C@H](NC(=O)OC(C)(C)C)[C@H](O)CCCc1ccccc1. The van der Waals surface area contributed by atoms with Gasteiger partial charge in [0.25, 0.3) is 0 Å². The van der Waals surface area contributed by atoms with Crippen molar-refractivity contribution in [3.63, 3.8) is 0 Å². The lowest BCUT2D eigenvalue weighted by Gasteiger charge is -2.24. The van der Waals surface area contributed by atoms with Crippen LogP contribution in [0, 0.1) is 0 Å². The minimum atomic E-state index is -0.568. The predicted octanol–water partition coefficient (Wildman–Crippen LogP) is 3.28. The number of hydrogen-bond acceptors (Lipinski definition) is 3. The molecule has 0 spiro atoms. The number of amides is 1. The zero-order valence-electron chi connectivity index (χ0n) is 13.4. The lowest BCUT2D eigenvalue weighted by molar-refractivity contribution is 0.0427. The molecule has 0 saturated heterocycles. The number of carbonyl (C=O) groups is 1. The van der Waals surface area contributed by atoms with Crippen molar-refractivity contribution in [1.82, 2.24) is 5.32 Å². The number of hydrogen-bond donors (Lipinski definition) is 2. The molecule has 0 aliphatic carbocycles. The number of aryl methyl sites for hydroxylation is 1. The van der Waals surface area contributed by atoms with Gasteiger partial charge in [-0.25, -0.2) is 4.79 Å². The van der Waals surface area contributed by atoms with E-state index >= 15 is 0 Å².